The highest BCUT2D eigenvalue weighted by Gasteiger charge is 2.19. The summed E-state index contributed by atoms with van der Waals surface area (Å²) in [6.07, 6.45) is 0.359. The molecule has 0 bridgehead atoms. The zero-order chi connectivity index (χ0) is 18.4. The van der Waals surface area contributed by atoms with Crippen LogP contribution in [0, 0.1) is 17.0 Å². The van der Waals surface area contributed by atoms with Gasteiger partial charge in [-0.1, -0.05) is 6.92 Å². The number of hydrogen-bond acceptors (Lipinski definition) is 6. The number of ether oxygens (including phenoxy) is 1. The van der Waals surface area contributed by atoms with Crippen LogP contribution in [0.15, 0.2) is 36.4 Å². The highest BCUT2D eigenvalue weighted by Crippen LogP contribution is 2.24. The maximum atomic E-state index is 12.2. The Morgan fingerprint density at radius 2 is 1.88 bits per heavy atom. The minimum atomic E-state index is -0.655. The standard InChI is InChI=1S/C17H17N3O5/c1-3-16(22)19-13-7-5-12(6-8-13)14(21)10-25-15-9-4-11(2)18-17(15)20(23)24/h4-9H,3,10H2,1-2H3,(H,19,22). The third-order valence-electron chi connectivity index (χ3n) is 3.32. The molecule has 130 valence electrons. The van der Waals surface area contributed by atoms with Crippen molar-refractivity contribution in [1.29, 1.82) is 0 Å². The van der Waals surface area contributed by atoms with E-state index in [1.807, 2.05) is 0 Å². The van der Waals surface area contributed by atoms with Crippen LogP contribution in [0.4, 0.5) is 11.5 Å². The van der Waals surface area contributed by atoms with Gasteiger partial charge in [0.1, 0.15) is 5.69 Å². The van der Waals surface area contributed by atoms with Gasteiger partial charge in [0, 0.05) is 24.6 Å². The summed E-state index contributed by atoms with van der Waals surface area (Å²) in [4.78, 5) is 37.6. The first-order chi connectivity index (χ1) is 11.9. The molecule has 2 rings (SSSR count). The number of rotatable bonds is 7. The van der Waals surface area contributed by atoms with Crippen molar-refractivity contribution in [3.05, 3.63) is 57.8 Å². The number of pyridine rings is 1. The summed E-state index contributed by atoms with van der Waals surface area (Å²) in [6.45, 7) is 3.01. The SMILES string of the molecule is CCC(=O)Nc1ccc(C(=O)COc2ccc(C)nc2[N+](=O)[O-])cc1. The monoisotopic (exact) mass is 343 g/mol. The van der Waals surface area contributed by atoms with Crippen molar-refractivity contribution < 1.29 is 19.2 Å². The van der Waals surface area contributed by atoms with E-state index in [0.29, 0.717) is 23.4 Å². The van der Waals surface area contributed by atoms with Gasteiger partial charge < -0.3 is 20.2 Å². The van der Waals surface area contributed by atoms with Crippen LogP contribution in [-0.2, 0) is 4.79 Å². The van der Waals surface area contributed by atoms with Crippen molar-refractivity contribution in [2.24, 2.45) is 0 Å². The van der Waals surface area contributed by atoms with E-state index in [1.54, 1.807) is 44.2 Å². The second-order valence-corrected chi connectivity index (χ2v) is 5.22. The van der Waals surface area contributed by atoms with E-state index in [4.69, 9.17) is 4.74 Å². The Morgan fingerprint density at radius 1 is 1.20 bits per heavy atom. The summed E-state index contributed by atoms with van der Waals surface area (Å²) >= 11 is 0. The molecule has 0 spiro atoms. The molecule has 0 unspecified atom stereocenters. The van der Waals surface area contributed by atoms with E-state index in [0.717, 1.165) is 0 Å². The highest BCUT2D eigenvalue weighted by molar-refractivity contribution is 5.98. The van der Waals surface area contributed by atoms with Gasteiger partial charge in [-0.15, -0.1) is 0 Å². The molecule has 8 heteroatoms. The second kappa shape index (κ2) is 8.00. The number of carbonyl (C=O) groups excluding carboxylic acids is 2. The fourth-order valence-corrected chi connectivity index (χ4v) is 1.99. The van der Waals surface area contributed by atoms with Crippen molar-refractivity contribution in [2.75, 3.05) is 11.9 Å². The van der Waals surface area contributed by atoms with Gasteiger partial charge >= 0.3 is 5.82 Å². The largest absolute Gasteiger partial charge is 0.477 e. The third kappa shape index (κ3) is 4.84. The number of anilines is 1. The molecular weight excluding hydrogens is 326 g/mol. The first-order valence-corrected chi connectivity index (χ1v) is 7.58. The number of nitro groups is 1. The fraction of sp³-hybridized carbons (Fsp3) is 0.235. The van der Waals surface area contributed by atoms with Crippen molar-refractivity contribution in [2.45, 2.75) is 20.3 Å². The first-order valence-electron chi connectivity index (χ1n) is 7.58. The number of hydrogen-bond donors (Lipinski definition) is 1. The molecule has 0 saturated heterocycles. The first kappa shape index (κ1) is 18.1. The van der Waals surface area contributed by atoms with Gasteiger partial charge in [-0.2, -0.15) is 0 Å². The van der Waals surface area contributed by atoms with Crippen LogP contribution in [0.3, 0.4) is 0 Å². The lowest BCUT2D eigenvalue weighted by Crippen LogP contribution is -2.13. The lowest BCUT2D eigenvalue weighted by Gasteiger charge is -2.07. The summed E-state index contributed by atoms with van der Waals surface area (Å²) in [6, 6.07) is 9.31. The molecule has 8 nitrogen and oxygen atoms in total. The van der Waals surface area contributed by atoms with Gasteiger partial charge in [0.2, 0.25) is 11.7 Å². The van der Waals surface area contributed by atoms with Crippen LogP contribution in [0.1, 0.15) is 29.4 Å². The quantitative estimate of drug-likeness (QED) is 0.470. The molecule has 0 aliphatic rings. The molecule has 0 aliphatic heterocycles. The van der Waals surface area contributed by atoms with E-state index in [-0.39, 0.29) is 24.0 Å². The molecule has 1 aromatic carbocycles. The predicted molar refractivity (Wildman–Crippen MR) is 90.8 cm³/mol. The lowest BCUT2D eigenvalue weighted by molar-refractivity contribution is -0.390. The van der Waals surface area contributed by atoms with E-state index in [2.05, 4.69) is 10.3 Å². The summed E-state index contributed by atoms with van der Waals surface area (Å²) < 4.78 is 5.26. The average molecular weight is 343 g/mol. The Balaban J connectivity index is 2.03. The van der Waals surface area contributed by atoms with Crippen molar-refractivity contribution in [3.8, 4) is 5.75 Å². The Labute approximate surface area is 144 Å². The number of nitrogens with zero attached hydrogens (tertiary/aromatic N) is 2. The molecule has 0 fully saturated rings. The van der Waals surface area contributed by atoms with Gasteiger partial charge in [0.15, 0.2) is 12.4 Å². The molecular formula is C17H17N3O5. The van der Waals surface area contributed by atoms with Gasteiger partial charge in [-0.25, -0.2) is 0 Å². The lowest BCUT2D eigenvalue weighted by atomic mass is 10.1. The Morgan fingerprint density at radius 3 is 2.48 bits per heavy atom. The highest BCUT2D eigenvalue weighted by atomic mass is 16.6. The number of carbonyl (C=O) groups is 2. The summed E-state index contributed by atoms with van der Waals surface area (Å²) in [5.74, 6) is -0.953. The predicted octanol–water partition coefficient (Wildman–Crippen LogP) is 2.91. The zero-order valence-corrected chi connectivity index (χ0v) is 13.8. The van der Waals surface area contributed by atoms with Gasteiger partial charge in [0.25, 0.3) is 0 Å². The summed E-state index contributed by atoms with van der Waals surface area (Å²) in [5, 5.41) is 13.7. The van der Waals surface area contributed by atoms with Gasteiger partial charge in [-0.3, -0.25) is 9.59 Å². The third-order valence-corrected chi connectivity index (χ3v) is 3.32. The van der Waals surface area contributed by atoms with Crippen LogP contribution < -0.4 is 10.1 Å². The number of amides is 1. The zero-order valence-electron chi connectivity index (χ0n) is 13.8. The number of benzene rings is 1. The van der Waals surface area contributed by atoms with E-state index < -0.39 is 10.7 Å². The molecule has 1 heterocycles. The van der Waals surface area contributed by atoms with Gasteiger partial charge in [0.05, 0.1) is 0 Å². The average Bonchev–Trinajstić information content (AvgIpc) is 2.60. The van der Waals surface area contributed by atoms with Crippen LogP contribution >= 0.6 is 0 Å². The van der Waals surface area contributed by atoms with Crippen LogP contribution in [0.25, 0.3) is 0 Å². The topological polar surface area (TPSA) is 111 Å². The fourth-order valence-electron chi connectivity index (χ4n) is 1.99. The normalized spacial score (nSPS) is 10.2. The molecule has 0 radical (unpaired) electrons. The van der Waals surface area contributed by atoms with Crippen molar-refractivity contribution in [1.82, 2.24) is 4.98 Å². The van der Waals surface area contributed by atoms with Crippen molar-refractivity contribution >= 4 is 23.2 Å². The summed E-state index contributed by atoms with van der Waals surface area (Å²) in [7, 11) is 0. The van der Waals surface area contributed by atoms with Crippen LogP contribution in [0.2, 0.25) is 0 Å². The summed E-state index contributed by atoms with van der Waals surface area (Å²) in [5.41, 5.74) is 1.44. The molecule has 1 aromatic heterocycles. The number of Topliss-reactive ketones (excluding diaryl/α,β-unsaturated/α-hetero) is 1. The van der Waals surface area contributed by atoms with Crippen molar-refractivity contribution in [3.63, 3.8) is 0 Å². The molecule has 0 aliphatic carbocycles. The minimum Gasteiger partial charge on any atom is -0.477 e. The van der Waals surface area contributed by atoms with E-state index in [1.165, 1.54) is 6.07 Å². The second-order valence-electron chi connectivity index (χ2n) is 5.22. The van der Waals surface area contributed by atoms with E-state index >= 15 is 0 Å². The van der Waals surface area contributed by atoms with Crippen LogP contribution in [-0.4, -0.2) is 28.2 Å². The molecule has 1 N–H and O–H groups in total. The number of aryl methyl sites for hydroxylation is 1. The van der Waals surface area contributed by atoms with Crippen LogP contribution in [0.5, 0.6) is 5.75 Å². The number of ketones is 1. The van der Waals surface area contributed by atoms with Gasteiger partial charge in [-0.05, 0) is 46.3 Å². The molecule has 0 atom stereocenters. The maximum absolute atomic E-state index is 12.2. The van der Waals surface area contributed by atoms with E-state index in [9.17, 15) is 19.7 Å². The number of aromatic nitrogens is 1. The molecule has 2 aromatic rings. The molecule has 25 heavy (non-hydrogen) atoms. The maximum Gasteiger partial charge on any atom is 0.406 e. The molecule has 0 saturated carbocycles. The number of nitrogens with one attached hydrogen (secondary N) is 1. The Bertz CT molecular complexity index is 802. The minimum absolute atomic E-state index is 0.0595. The molecule has 1 amide bonds. The Hall–Kier alpha value is -3.29. The Kier molecular flexibility index (Phi) is 5.78. The smallest absolute Gasteiger partial charge is 0.406 e.